The highest BCUT2D eigenvalue weighted by Crippen LogP contribution is 1.98. The van der Waals surface area contributed by atoms with E-state index in [1.54, 1.807) is 6.20 Å². The van der Waals surface area contributed by atoms with Crippen LogP contribution in [-0.2, 0) is 0 Å². The van der Waals surface area contributed by atoms with Gasteiger partial charge in [0.25, 0.3) is 0 Å². The van der Waals surface area contributed by atoms with E-state index in [-0.39, 0.29) is 0 Å². The van der Waals surface area contributed by atoms with E-state index in [9.17, 15) is 0 Å². The fraction of sp³-hybridized carbons (Fsp3) is 0.444. The zero-order valence-corrected chi connectivity index (χ0v) is 7.44. The number of aromatic nitrogens is 2. The normalized spacial score (nSPS) is 9.17. The molecular formula is C9H13N3. The maximum Gasteiger partial charge on any atom is 0.0651 e. The van der Waals surface area contributed by atoms with Gasteiger partial charge < -0.3 is 5.32 Å². The molecule has 0 atom stereocenters. The number of aromatic amines is 1. The third-order valence-corrected chi connectivity index (χ3v) is 1.55. The monoisotopic (exact) mass is 163 g/mol. The summed E-state index contributed by atoms with van der Waals surface area (Å²) in [5, 5.41) is 9.76. The van der Waals surface area contributed by atoms with Gasteiger partial charge >= 0.3 is 0 Å². The molecule has 0 aromatic carbocycles. The number of H-pyrrole nitrogens is 1. The number of hydrogen-bond donors (Lipinski definition) is 2. The van der Waals surface area contributed by atoms with Gasteiger partial charge in [0.05, 0.1) is 11.8 Å². The van der Waals surface area contributed by atoms with Gasteiger partial charge in [0, 0.05) is 18.7 Å². The maximum absolute atomic E-state index is 3.88. The van der Waals surface area contributed by atoms with Crippen molar-refractivity contribution in [2.75, 3.05) is 13.6 Å². The first kappa shape index (κ1) is 8.82. The first-order valence-corrected chi connectivity index (χ1v) is 3.98. The minimum absolute atomic E-state index is 0.876. The number of aryl methyl sites for hydroxylation is 1. The number of hydrogen-bond acceptors (Lipinski definition) is 2. The molecular weight excluding hydrogens is 150 g/mol. The lowest BCUT2D eigenvalue weighted by atomic mass is 10.2. The summed E-state index contributed by atoms with van der Waals surface area (Å²) >= 11 is 0. The lowest BCUT2D eigenvalue weighted by Crippen LogP contribution is -2.05. The first-order chi connectivity index (χ1) is 5.84. The second-order valence-corrected chi connectivity index (χ2v) is 2.56. The molecule has 1 aromatic heterocycles. The second-order valence-electron chi connectivity index (χ2n) is 2.56. The quantitative estimate of drug-likeness (QED) is 0.497. The Labute approximate surface area is 72.6 Å². The van der Waals surface area contributed by atoms with Gasteiger partial charge in [-0.15, -0.1) is 0 Å². The van der Waals surface area contributed by atoms with Crippen molar-refractivity contribution >= 4 is 0 Å². The zero-order valence-electron chi connectivity index (χ0n) is 7.44. The smallest absolute Gasteiger partial charge is 0.0651 e. The third-order valence-electron chi connectivity index (χ3n) is 1.55. The minimum atomic E-state index is 0.876. The highest BCUT2D eigenvalue weighted by atomic mass is 15.1. The van der Waals surface area contributed by atoms with Crippen molar-refractivity contribution in [3.63, 3.8) is 0 Å². The van der Waals surface area contributed by atoms with Crippen molar-refractivity contribution in [3.8, 4) is 11.8 Å². The molecule has 0 saturated heterocycles. The van der Waals surface area contributed by atoms with E-state index in [0.717, 1.165) is 24.2 Å². The van der Waals surface area contributed by atoms with Crippen LogP contribution in [0.1, 0.15) is 17.7 Å². The Morgan fingerprint density at radius 1 is 1.67 bits per heavy atom. The van der Waals surface area contributed by atoms with Crippen LogP contribution in [0.3, 0.4) is 0 Å². The highest BCUT2D eigenvalue weighted by molar-refractivity contribution is 5.34. The van der Waals surface area contributed by atoms with Crippen LogP contribution in [0.5, 0.6) is 0 Å². The molecule has 12 heavy (non-hydrogen) atoms. The average molecular weight is 163 g/mol. The average Bonchev–Trinajstić information content (AvgIpc) is 2.46. The molecule has 0 bridgehead atoms. The lowest BCUT2D eigenvalue weighted by molar-refractivity contribution is 0.818. The predicted molar refractivity (Wildman–Crippen MR) is 48.7 cm³/mol. The van der Waals surface area contributed by atoms with Crippen LogP contribution in [0.25, 0.3) is 0 Å². The van der Waals surface area contributed by atoms with Gasteiger partial charge in [0.1, 0.15) is 0 Å². The molecule has 0 amide bonds. The minimum Gasteiger partial charge on any atom is -0.319 e. The summed E-state index contributed by atoms with van der Waals surface area (Å²) in [4.78, 5) is 0. The molecule has 0 fully saturated rings. The van der Waals surface area contributed by atoms with E-state index in [0.29, 0.717) is 0 Å². The van der Waals surface area contributed by atoms with Crippen molar-refractivity contribution in [2.45, 2.75) is 13.3 Å². The Kier molecular flexibility index (Phi) is 3.36. The van der Waals surface area contributed by atoms with E-state index >= 15 is 0 Å². The molecule has 2 N–H and O–H groups in total. The summed E-state index contributed by atoms with van der Waals surface area (Å²) in [6, 6.07) is 0. The summed E-state index contributed by atoms with van der Waals surface area (Å²) in [5.74, 6) is 6.10. The van der Waals surface area contributed by atoms with E-state index in [1.165, 1.54) is 0 Å². The molecule has 1 aromatic rings. The Bertz CT molecular complexity index is 290. The highest BCUT2D eigenvalue weighted by Gasteiger charge is 1.92. The van der Waals surface area contributed by atoms with Crippen LogP contribution in [-0.4, -0.2) is 23.8 Å². The van der Waals surface area contributed by atoms with Gasteiger partial charge in [-0.1, -0.05) is 11.8 Å². The van der Waals surface area contributed by atoms with Gasteiger partial charge in [0.15, 0.2) is 0 Å². The largest absolute Gasteiger partial charge is 0.319 e. The van der Waals surface area contributed by atoms with Gasteiger partial charge in [-0.05, 0) is 14.0 Å². The fourth-order valence-corrected chi connectivity index (χ4v) is 0.822. The third kappa shape index (κ3) is 2.40. The molecule has 3 nitrogen and oxygen atoms in total. The first-order valence-electron chi connectivity index (χ1n) is 3.98. The van der Waals surface area contributed by atoms with Crippen LogP contribution >= 0.6 is 0 Å². The Balaban J connectivity index is 2.49. The van der Waals surface area contributed by atoms with E-state index in [1.807, 2.05) is 14.0 Å². The van der Waals surface area contributed by atoms with Crippen LogP contribution in [0.15, 0.2) is 6.20 Å². The zero-order chi connectivity index (χ0) is 8.81. The van der Waals surface area contributed by atoms with E-state index in [4.69, 9.17) is 0 Å². The summed E-state index contributed by atoms with van der Waals surface area (Å²) in [6.07, 6.45) is 2.63. The summed E-state index contributed by atoms with van der Waals surface area (Å²) in [5.41, 5.74) is 2.03. The maximum atomic E-state index is 3.88. The van der Waals surface area contributed by atoms with Crippen LogP contribution in [0.2, 0.25) is 0 Å². The predicted octanol–water partition coefficient (Wildman–Crippen LogP) is 0.679. The summed E-state index contributed by atoms with van der Waals surface area (Å²) in [6.45, 7) is 2.90. The SMILES string of the molecule is CNCCC#Cc1cn[nH]c1C. The van der Waals surface area contributed by atoms with Crippen molar-refractivity contribution in [1.82, 2.24) is 15.5 Å². The molecule has 0 aliphatic heterocycles. The number of nitrogens with zero attached hydrogens (tertiary/aromatic N) is 1. The molecule has 0 saturated carbocycles. The molecule has 1 rings (SSSR count). The van der Waals surface area contributed by atoms with Crippen LogP contribution < -0.4 is 5.32 Å². The van der Waals surface area contributed by atoms with Crippen molar-refractivity contribution in [3.05, 3.63) is 17.5 Å². The molecule has 0 radical (unpaired) electrons. The summed E-state index contributed by atoms with van der Waals surface area (Å²) < 4.78 is 0. The standard InChI is InChI=1S/C9H13N3/c1-8-9(7-11-12-8)5-3-4-6-10-2/h7,10H,4,6H2,1-2H3,(H,11,12). The van der Waals surface area contributed by atoms with Crippen molar-refractivity contribution in [2.24, 2.45) is 0 Å². The molecule has 0 aliphatic carbocycles. The molecule has 64 valence electrons. The van der Waals surface area contributed by atoms with E-state index < -0.39 is 0 Å². The molecule has 1 heterocycles. The summed E-state index contributed by atoms with van der Waals surface area (Å²) in [7, 11) is 1.92. The lowest BCUT2D eigenvalue weighted by Gasteiger charge is -1.87. The molecule has 0 spiro atoms. The Morgan fingerprint density at radius 2 is 2.50 bits per heavy atom. The molecule has 0 unspecified atom stereocenters. The van der Waals surface area contributed by atoms with Crippen molar-refractivity contribution in [1.29, 1.82) is 0 Å². The number of nitrogens with one attached hydrogen (secondary N) is 2. The fourth-order valence-electron chi connectivity index (χ4n) is 0.822. The second kappa shape index (κ2) is 4.58. The van der Waals surface area contributed by atoms with Crippen LogP contribution in [0.4, 0.5) is 0 Å². The Hall–Kier alpha value is -1.27. The topological polar surface area (TPSA) is 40.7 Å². The van der Waals surface area contributed by atoms with Gasteiger partial charge in [-0.3, -0.25) is 5.10 Å². The molecule has 0 aliphatic rings. The molecule has 3 heteroatoms. The van der Waals surface area contributed by atoms with Gasteiger partial charge in [-0.25, -0.2) is 0 Å². The number of rotatable bonds is 2. The van der Waals surface area contributed by atoms with Gasteiger partial charge in [-0.2, -0.15) is 5.10 Å². The van der Waals surface area contributed by atoms with Crippen molar-refractivity contribution < 1.29 is 0 Å². The van der Waals surface area contributed by atoms with E-state index in [2.05, 4.69) is 27.4 Å². The van der Waals surface area contributed by atoms with Crippen LogP contribution in [0, 0.1) is 18.8 Å². The Morgan fingerprint density at radius 3 is 3.08 bits per heavy atom. The van der Waals surface area contributed by atoms with Gasteiger partial charge in [0.2, 0.25) is 0 Å².